The Kier molecular flexibility index (Phi) is 3.13. The minimum Gasteiger partial charge on any atom is -0.347 e. The highest BCUT2D eigenvalue weighted by molar-refractivity contribution is 4.82. The van der Waals surface area contributed by atoms with E-state index in [2.05, 4.69) is 13.8 Å². The molecule has 2 fully saturated rings. The Morgan fingerprint density at radius 1 is 1.14 bits per heavy atom. The van der Waals surface area contributed by atoms with Gasteiger partial charge in [0.25, 0.3) is 0 Å². The molecule has 0 aromatic rings. The molecule has 2 aliphatic rings. The van der Waals surface area contributed by atoms with E-state index in [4.69, 9.17) is 9.47 Å². The zero-order valence-corrected chi connectivity index (χ0v) is 9.42. The molecule has 2 unspecified atom stereocenters. The van der Waals surface area contributed by atoms with Gasteiger partial charge in [0.15, 0.2) is 5.79 Å². The average molecular weight is 198 g/mol. The first-order valence-electron chi connectivity index (χ1n) is 6.10. The summed E-state index contributed by atoms with van der Waals surface area (Å²) in [4.78, 5) is 0. The van der Waals surface area contributed by atoms with E-state index < -0.39 is 0 Å². The monoisotopic (exact) mass is 198 g/mol. The van der Waals surface area contributed by atoms with Crippen LogP contribution in [0.25, 0.3) is 0 Å². The van der Waals surface area contributed by atoms with Crippen molar-refractivity contribution >= 4 is 0 Å². The third-order valence-corrected chi connectivity index (χ3v) is 3.46. The molecule has 1 saturated carbocycles. The summed E-state index contributed by atoms with van der Waals surface area (Å²) in [6.45, 7) is 4.39. The van der Waals surface area contributed by atoms with Crippen LogP contribution in [-0.2, 0) is 9.47 Å². The van der Waals surface area contributed by atoms with E-state index in [1.54, 1.807) is 0 Å². The van der Waals surface area contributed by atoms with Gasteiger partial charge in [-0.05, 0) is 32.6 Å². The molecule has 1 aliphatic heterocycles. The second kappa shape index (κ2) is 4.19. The van der Waals surface area contributed by atoms with E-state index in [-0.39, 0.29) is 5.79 Å². The van der Waals surface area contributed by atoms with Crippen molar-refractivity contribution in [2.24, 2.45) is 0 Å². The van der Waals surface area contributed by atoms with Crippen LogP contribution >= 0.6 is 0 Å². The maximum Gasteiger partial charge on any atom is 0.169 e. The SMILES string of the molecule is CCC1CC(C)OC2(CCCCC2)O1. The Labute approximate surface area is 87.0 Å². The van der Waals surface area contributed by atoms with E-state index in [1.807, 2.05) is 0 Å². The second-order valence-corrected chi connectivity index (χ2v) is 4.78. The van der Waals surface area contributed by atoms with Gasteiger partial charge < -0.3 is 9.47 Å². The van der Waals surface area contributed by atoms with Gasteiger partial charge in [0, 0.05) is 12.8 Å². The zero-order valence-electron chi connectivity index (χ0n) is 9.42. The summed E-state index contributed by atoms with van der Waals surface area (Å²) in [7, 11) is 0. The molecule has 0 amide bonds. The first-order chi connectivity index (χ1) is 6.74. The molecular weight excluding hydrogens is 176 g/mol. The van der Waals surface area contributed by atoms with Crippen LogP contribution in [0.1, 0.15) is 58.8 Å². The summed E-state index contributed by atoms with van der Waals surface area (Å²) in [5, 5.41) is 0. The lowest BCUT2D eigenvalue weighted by Gasteiger charge is -2.46. The standard InChI is InChI=1S/C12H22O2/c1-3-11-9-10(2)13-12(14-11)7-5-4-6-8-12/h10-11H,3-9H2,1-2H3. The summed E-state index contributed by atoms with van der Waals surface area (Å²) >= 11 is 0. The van der Waals surface area contributed by atoms with Gasteiger partial charge in [0.2, 0.25) is 0 Å². The van der Waals surface area contributed by atoms with Crippen LogP contribution in [0.3, 0.4) is 0 Å². The van der Waals surface area contributed by atoms with E-state index >= 15 is 0 Å². The lowest BCUT2D eigenvalue weighted by atomic mass is 9.92. The molecule has 1 heterocycles. The first kappa shape index (κ1) is 10.4. The van der Waals surface area contributed by atoms with Crippen LogP contribution in [0.15, 0.2) is 0 Å². The molecule has 1 spiro atoms. The Hall–Kier alpha value is -0.0800. The number of hydrogen-bond acceptors (Lipinski definition) is 2. The molecule has 14 heavy (non-hydrogen) atoms. The van der Waals surface area contributed by atoms with E-state index in [0.29, 0.717) is 12.2 Å². The predicted molar refractivity (Wildman–Crippen MR) is 56.1 cm³/mol. The quantitative estimate of drug-likeness (QED) is 0.644. The van der Waals surface area contributed by atoms with Gasteiger partial charge >= 0.3 is 0 Å². The second-order valence-electron chi connectivity index (χ2n) is 4.78. The molecule has 82 valence electrons. The lowest BCUT2D eigenvalue weighted by molar-refractivity contribution is -0.325. The number of ether oxygens (including phenoxy) is 2. The lowest BCUT2D eigenvalue weighted by Crippen LogP contribution is -2.48. The molecule has 2 atom stereocenters. The van der Waals surface area contributed by atoms with Crippen LogP contribution in [0.5, 0.6) is 0 Å². The molecule has 2 nitrogen and oxygen atoms in total. The third kappa shape index (κ3) is 2.12. The molecule has 1 aliphatic carbocycles. The van der Waals surface area contributed by atoms with Crippen LogP contribution in [0, 0.1) is 0 Å². The highest BCUT2D eigenvalue weighted by Crippen LogP contribution is 2.39. The van der Waals surface area contributed by atoms with Gasteiger partial charge in [-0.3, -0.25) is 0 Å². The summed E-state index contributed by atoms with van der Waals surface area (Å²) in [5.74, 6) is -0.198. The topological polar surface area (TPSA) is 18.5 Å². The number of hydrogen-bond donors (Lipinski definition) is 0. The van der Waals surface area contributed by atoms with Crippen LogP contribution in [-0.4, -0.2) is 18.0 Å². The van der Waals surface area contributed by atoms with E-state index in [1.165, 1.54) is 19.3 Å². The van der Waals surface area contributed by atoms with Crippen molar-refractivity contribution < 1.29 is 9.47 Å². The van der Waals surface area contributed by atoms with Gasteiger partial charge in [-0.1, -0.05) is 13.3 Å². The van der Waals surface area contributed by atoms with Crippen molar-refractivity contribution in [1.82, 2.24) is 0 Å². The fourth-order valence-electron chi connectivity index (χ4n) is 2.74. The minimum atomic E-state index is -0.198. The molecule has 2 heteroatoms. The molecule has 0 bridgehead atoms. The highest BCUT2D eigenvalue weighted by atomic mass is 16.7. The van der Waals surface area contributed by atoms with Crippen molar-refractivity contribution in [3.63, 3.8) is 0 Å². The summed E-state index contributed by atoms with van der Waals surface area (Å²) in [6, 6.07) is 0. The largest absolute Gasteiger partial charge is 0.347 e. The fraction of sp³-hybridized carbons (Fsp3) is 1.00. The van der Waals surface area contributed by atoms with Crippen molar-refractivity contribution in [2.75, 3.05) is 0 Å². The van der Waals surface area contributed by atoms with Crippen molar-refractivity contribution in [1.29, 1.82) is 0 Å². The maximum atomic E-state index is 6.11. The van der Waals surface area contributed by atoms with Crippen molar-refractivity contribution in [3.05, 3.63) is 0 Å². The summed E-state index contributed by atoms with van der Waals surface area (Å²) < 4.78 is 12.1. The van der Waals surface area contributed by atoms with Gasteiger partial charge in [-0.2, -0.15) is 0 Å². The van der Waals surface area contributed by atoms with E-state index in [0.717, 1.165) is 25.7 Å². The van der Waals surface area contributed by atoms with Crippen LogP contribution in [0.4, 0.5) is 0 Å². The molecule has 0 N–H and O–H groups in total. The fourth-order valence-corrected chi connectivity index (χ4v) is 2.74. The Balaban J connectivity index is 2.02. The molecular formula is C12H22O2. The average Bonchev–Trinajstić information content (AvgIpc) is 2.17. The third-order valence-electron chi connectivity index (χ3n) is 3.46. The molecule has 1 saturated heterocycles. The maximum absolute atomic E-state index is 6.11. The normalized spacial score (nSPS) is 37.3. The summed E-state index contributed by atoms with van der Waals surface area (Å²) in [6.07, 6.45) is 9.09. The summed E-state index contributed by atoms with van der Waals surface area (Å²) in [5.41, 5.74) is 0. The van der Waals surface area contributed by atoms with Crippen molar-refractivity contribution in [2.45, 2.75) is 76.8 Å². The highest BCUT2D eigenvalue weighted by Gasteiger charge is 2.41. The molecule has 0 aromatic carbocycles. The number of rotatable bonds is 1. The van der Waals surface area contributed by atoms with Crippen LogP contribution in [0.2, 0.25) is 0 Å². The predicted octanol–water partition coefficient (Wildman–Crippen LogP) is 3.25. The van der Waals surface area contributed by atoms with E-state index in [9.17, 15) is 0 Å². The van der Waals surface area contributed by atoms with Gasteiger partial charge in [-0.25, -0.2) is 0 Å². The smallest absolute Gasteiger partial charge is 0.169 e. The molecule has 0 aromatic heterocycles. The van der Waals surface area contributed by atoms with Gasteiger partial charge in [-0.15, -0.1) is 0 Å². The Bertz CT molecular complexity index is 185. The van der Waals surface area contributed by atoms with Gasteiger partial charge in [0.05, 0.1) is 12.2 Å². The van der Waals surface area contributed by atoms with Gasteiger partial charge in [0.1, 0.15) is 0 Å². The molecule has 0 radical (unpaired) electrons. The first-order valence-corrected chi connectivity index (χ1v) is 6.10. The molecule has 2 rings (SSSR count). The van der Waals surface area contributed by atoms with Crippen LogP contribution < -0.4 is 0 Å². The minimum absolute atomic E-state index is 0.198. The van der Waals surface area contributed by atoms with Crippen molar-refractivity contribution in [3.8, 4) is 0 Å². The Morgan fingerprint density at radius 2 is 1.86 bits per heavy atom. The zero-order chi connectivity index (χ0) is 10.0. The Morgan fingerprint density at radius 3 is 2.50 bits per heavy atom.